The fraction of sp³-hybridized carbons (Fsp3) is 0.857. The van der Waals surface area contributed by atoms with Gasteiger partial charge in [0.15, 0.2) is 0 Å². The maximum Gasteiger partial charge on any atom is 0.214 e. The highest BCUT2D eigenvalue weighted by Gasteiger charge is 2.18. The van der Waals surface area contributed by atoms with Crippen LogP contribution in [0.5, 0.6) is 0 Å². The highest BCUT2D eigenvalue weighted by molar-refractivity contribution is 7.90. The molecule has 78 valence electrons. The zero-order chi connectivity index (χ0) is 10.6. The van der Waals surface area contributed by atoms with Gasteiger partial charge in [0.25, 0.3) is 0 Å². The lowest BCUT2D eigenvalue weighted by atomic mass is 10.2. The standard InChI is InChI=1S/C7H17N3O2S/c1-5(2)13(11,12)10-6(3)4-7(8)9/h5-6,10H,4H2,1-3H3,(H3,8,9). The summed E-state index contributed by atoms with van der Waals surface area (Å²) in [5.41, 5.74) is 5.14. The van der Waals surface area contributed by atoms with Gasteiger partial charge in [-0.3, -0.25) is 5.41 Å². The third kappa shape index (κ3) is 4.84. The molecule has 0 heterocycles. The van der Waals surface area contributed by atoms with E-state index in [4.69, 9.17) is 11.1 Å². The molecule has 0 amide bonds. The van der Waals surface area contributed by atoms with Crippen LogP contribution in [0.15, 0.2) is 0 Å². The van der Waals surface area contributed by atoms with E-state index in [0.29, 0.717) is 0 Å². The predicted molar refractivity (Wildman–Crippen MR) is 53.2 cm³/mol. The number of rotatable bonds is 5. The molecule has 0 fully saturated rings. The number of nitrogens with two attached hydrogens (primary N) is 1. The Balaban J connectivity index is 4.21. The Labute approximate surface area is 79.3 Å². The SMILES string of the molecule is CC(CC(=N)N)NS(=O)(=O)C(C)C. The van der Waals surface area contributed by atoms with Crippen molar-refractivity contribution in [2.24, 2.45) is 5.73 Å². The van der Waals surface area contributed by atoms with E-state index in [-0.39, 0.29) is 18.3 Å². The third-order valence-electron chi connectivity index (χ3n) is 1.51. The molecule has 0 aromatic carbocycles. The van der Waals surface area contributed by atoms with Crippen molar-refractivity contribution in [3.8, 4) is 0 Å². The molecule has 0 aliphatic rings. The largest absolute Gasteiger partial charge is 0.388 e. The van der Waals surface area contributed by atoms with Crippen molar-refractivity contribution < 1.29 is 8.42 Å². The zero-order valence-corrected chi connectivity index (χ0v) is 8.98. The number of sulfonamides is 1. The van der Waals surface area contributed by atoms with E-state index >= 15 is 0 Å². The first-order chi connectivity index (χ1) is 5.75. The molecule has 0 aromatic rings. The zero-order valence-electron chi connectivity index (χ0n) is 8.16. The highest BCUT2D eigenvalue weighted by Crippen LogP contribution is 2.00. The Morgan fingerprint density at radius 3 is 2.23 bits per heavy atom. The van der Waals surface area contributed by atoms with Crippen molar-refractivity contribution in [1.82, 2.24) is 4.72 Å². The van der Waals surface area contributed by atoms with Gasteiger partial charge in [0.1, 0.15) is 0 Å². The van der Waals surface area contributed by atoms with Gasteiger partial charge in [0.2, 0.25) is 10.0 Å². The maximum atomic E-state index is 11.3. The van der Waals surface area contributed by atoms with Crippen LogP contribution < -0.4 is 10.5 Å². The summed E-state index contributed by atoms with van der Waals surface area (Å²) in [5, 5.41) is 6.53. The summed E-state index contributed by atoms with van der Waals surface area (Å²) in [7, 11) is -3.25. The summed E-state index contributed by atoms with van der Waals surface area (Å²) >= 11 is 0. The van der Waals surface area contributed by atoms with Gasteiger partial charge in [0.05, 0.1) is 11.1 Å². The van der Waals surface area contributed by atoms with Crippen LogP contribution in [0.4, 0.5) is 0 Å². The van der Waals surface area contributed by atoms with Crippen LogP contribution in [0.3, 0.4) is 0 Å². The van der Waals surface area contributed by atoms with Gasteiger partial charge in [0, 0.05) is 12.5 Å². The van der Waals surface area contributed by atoms with Gasteiger partial charge >= 0.3 is 0 Å². The Morgan fingerprint density at radius 2 is 1.92 bits per heavy atom. The smallest absolute Gasteiger partial charge is 0.214 e. The van der Waals surface area contributed by atoms with Crippen molar-refractivity contribution in [2.75, 3.05) is 0 Å². The van der Waals surface area contributed by atoms with E-state index < -0.39 is 15.3 Å². The first kappa shape index (κ1) is 12.4. The normalized spacial score (nSPS) is 14.5. The molecule has 0 spiro atoms. The molecule has 1 atom stereocenters. The van der Waals surface area contributed by atoms with Crippen LogP contribution in [-0.2, 0) is 10.0 Å². The Kier molecular flexibility index (Phi) is 4.35. The van der Waals surface area contributed by atoms with Crippen molar-refractivity contribution in [2.45, 2.75) is 38.5 Å². The molecule has 0 saturated heterocycles. The van der Waals surface area contributed by atoms with Crippen LogP contribution >= 0.6 is 0 Å². The topological polar surface area (TPSA) is 96.0 Å². The van der Waals surface area contributed by atoms with Gasteiger partial charge < -0.3 is 5.73 Å². The Bertz CT molecular complexity index is 271. The second kappa shape index (κ2) is 4.57. The fourth-order valence-corrected chi connectivity index (χ4v) is 1.70. The molecule has 0 aromatic heterocycles. The number of hydrogen-bond acceptors (Lipinski definition) is 3. The Morgan fingerprint density at radius 1 is 1.46 bits per heavy atom. The van der Waals surface area contributed by atoms with Gasteiger partial charge in [-0.25, -0.2) is 13.1 Å². The lowest BCUT2D eigenvalue weighted by molar-refractivity contribution is 0.555. The first-order valence-corrected chi connectivity index (χ1v) is 5.64. The van der Waals surface area contributed by atoms with E-state index in [1.54, 1.807) is 20.8 Å². The first-order valence-electron chi connectivity index (χ1n) is 4.09. The van der Waals surface area contributed by atoms with Crippen molar-refractivity contribution in [3.63, 3.8) is 0 Å². The minimum absolute atomic E-state index is 0.0149. The lowest BCUT2D eigenvalue weighted by Gasteiger charge is -2.15. The number of hydrogen-bond donors (Lipinski definition) is 3. The van der Waals surface area contributed by atoms with Gasteiger partial charge in [-0.05, 0) is 20.8 Å². The van der Waals surface area contributed by atoms with Gasteiger partial charge in [-0.1, -0.05) is 0 Å². The molecular formula is C7H17N3O2S. The molecule has 1 unspecified atom stereocenters. The van der Waals surface area contributed by atoms with Crippen molar-refractivity contribution >= 4 is 15.9 Å². The average molecular weight is 207 g/mol. The molecule has 0 bridgehead atoms. The lowest BCUT2D eigenvalue weighted by Crippen LogP contribution is -2.39. The monoisotopic (exact) mass is 207 g/mol. The van der Waals surface area contributed by atoms with Crippen LogP contribution in [0, 0.1) is 5.41 Å². The number of nitrogens with one attached hydrogen (secondary N) is 2. The molecule has 4 N–H and O–H groups in total. The minimum Gasteiger partial charge on any atom is -0.388 e. The molecule has 0 rings (SSSR count). The summed E-state index contributed by atoms with van der Waals surface area (Å²) in [5.74, 6) is -0.0149. The van der Waals surface area contributed by atoms with Gasteiger partial charge in [-0.15, -0.1) is 0 Å². The Hall–Kier alpha value is -0.620. The van der Waals surface area contributed by atoms with E-state index in [1.165, 1.54) is 0 Å². The van der Waals surface area contributed by atoms with Crippen LogP contribution in [0.1, 0.15) is 27.2 Å². The number of amidine groups is 1. The van der Waals surface area contributed by atoms with Gasteiger partial charge in [-0.2, -0.15) is 0 Å². The molecule has 0 aliphatic carbocycles. The highest BCUT2D eigenvalue weighted by atomic mass is 32.2. The van der Waals surface area contributed by atoms with E-state index in [1.807, 2.05) is 0 Å². The molecule has 13 heavy (non-hydrogen) atoms. The predicted octanol–water partition coefficient (Wildman–Crippen LogP) is 0.0288. The van der Waals surface area contributed by atoms with Crippen molar-refractivity contribution in [3.05, 3.63) is 0 Å². The second-order valence-corrected chi connectivity index (χ2v) is 5.61. The molecule has 6 heteroatoms. The molecule has 0 saturated carbocycles. The molecular weight excluding hydrogens is 190 g/mol. The van der Waals surface area contributed by atoms with E-state index in [9.17, 15) is 8.42 Å². The summed E-state index contributed by atoms with van der Waals surface area (Å²) in [6.45, 7) is 4.88. The summed E-state index contributed by atoms with van der Waals surface area (Å²) in [4.78, 5) is 0. The van der Waals surface area contributed by atoms with Crippen LogP contribution in [0.25, 0.3) is 0 Å². The molecule has 5 nitrogen and oxygen atoms in total. The minimum atomic E-state index is -3.25. The fourth-order valence-electron chi connectivity index (χ4n) is 0.788. The van der Waals surface area contributed by atoms with Crippen molar-refractivity contribution in [1.29, 1.82) is 5.41 Å². The quantitative estimate of drug-likeness (QED) is 0.438. The van der Waals surface area contributed by atoms with Crippen LogP contribution in [0.2, 0.25) is 0 Å². The van der Waals surface area contributed by atoms with E-state index in [0.717, 1.165) is 0 Å². The average Bonchev–Trinajstić information content (AvgIpc) is 1.82. The maximum absolute atomic E-state index is 11.3. The molecule has 0 aliphatic heterocycles. The third-order valence-corrected chi connectivity index (χ3v) is 3.48. The van der Waals surface area contributed by atoms with Crippen LogP contribution in [-0.4, -0.2) is 25.5 Å². The summed E-state index contributed by atoms with van der Waals surface area (Å²) in [6, 6.07) is -0.315. The molecule has 0 radical (unpaired) electrons. The van der Waals surface area contributed by atoms with E-state index in [2.05, 4.69) is 4.72 Å². The second-order valence-electron chi connectivity index (χ2n) is 3.34. The summed E-state index contributed by atoms with van der Waals surface area (Å²) < 4.78 is 25.0. The summed E-state index contributed by atoms with van der Waals surface area (Å²) in [6.07, 6.45) is 0.242.